The van der Waals surface area contributed by atoms with E-state index in [0.717, 1.165) is 37.4 Å². The number of hydrogen-bond acceptors (Lipinski definition) is 5. The molecule has 0 saturated carbocycles. The number of nitrogens with two attached hydrogens (primary N) is 1. The maximum Gasteiger partial charge on any atom is 0.144 e. The summed E-state index contributed by atoms with van der Waals surface area (Å²) in [5.74, 6) is 6.84. The summed E-state index contributed by atoms with van der Waals surface area (Å²) in [5.41, 5.74) is 3.77. The molecule has 100 valence electrons. The Balaban J connectivity index is 1.96. The average Bonchev–Trinajstić information content (AvgIpc) is 2.40. The van der Waals surface area contributed by atoms with E-state index >= 15 is 0 Å². The third-order valence-electron chi connectivity index (χ3n) is 3.56. The first-order valence-corrected chi connectivity index (χ1v) is 6.57. The molecule has 0 amide bonds. The second-order valence-corrected chi connectivity index (χ2v) is 4.91. The highest BCUT2D eigenvalue weighted by molar-refractivity contribution is 5.42. The number of nitrogen functional groups attached to an aromatic ring is 1. The summed E-state index contributed by atoms with van der Waals surface area (Å²) in [7, 11) is 0. The number of anilines is 1. The maximum absolute atomic E-state index is 9.02. The fourth-order valence-corrected chi connectivity index (χ4v) is 2.65. The average molecular weight is 250 g/mol. The Bertz CT molecular complexity index is 370. The van der Waals surface area contributed by atoms with Gasteiger partial charge in [-0.25, -0.2) is 10.8 Å². The van der Waals surface area contributed by atoms with Gasteiger partial charge in [-0.2, -0.15) is 0 Å². The van der Waals surface area contributed by atoms with Crippen molar-refractivity contribution in [1.82, 2.24) is 9.88 Å². The zero-order valence-electron chi connectivity index (χ0n) is 10.7. The Morgan fingerprint density at radius 1 is 1.56 bits per heavy atom. The molecule has 5 heteroatoms. The predicted molar refractivity (Wildman–Crippen MR) is 71.8 cm³/mol. The zero-order chi connectivity index (χ0) is 12.8. The molecular formula is C13H22N4O. The molecule has 1 saturated heterocycles. The first-order valence-electron chi connectivity index (χ1n) is 6.57. The molecule has 1 atom stereocenters. The molecule has 0 radical (unpaired) electrons. The van der Waals surface area contributed by atoms with Crippen molar-refractivity contribution in [1.29, 1.82) is 0 Å². The van der Waals surface area contributed by atoms with Crippen molar-refractivity contribution in [3.8, 4) is 0 Å². The molecule has 2 heterocycles. The third-order valence-corrected chi connectivity index (χ3v) is 3.56. The lowest BCUT2D eigenvalue weighted by Crippen LogP contribution is -2.35. The van der Waals surface area contributed by atoms with E-state index in [1.807, 2.05) is 6.07 Å². The van der Waals surface area contributed by atoms with Gasteiger partial charge in [0, 0.05) is 31.5 Å². The number of aromatic nitrogens is 1. The van der Waals surface area contributed by atoms with Crippen molar-refractivity contribution < 1.29 is 5.11 Å². The van der Waals surface area contributed by atoms with Crippen LogP contribution in [0, 0.1) is 5.92 Å². The summed E-state index contributed by atoms with van der Waals surface area (Å²) in [6.07, 6.45) is 5.08. The molecule has 2 rings (SSSR count). The van der Waals surface area contributed by atoms with Gasteiger partial charge in [-0.3, -0.25) is 4.90 Å². The Kier molecular flexibility index (Phi) is 4.92. The van der Waals surface area contributed by atoms with Crippen LogP contribution < -0.4 is 11.3 Å². The van der Waals surface area contributed by atoms with Gasteiger partial charge in [-0.05, 0) is 37.8 Å². The van der Waals surface area contributed by atoms with Crippen molar-refractivity contribution in [2.24, 2.45) is 11.8 Å². The molecule has 18 heavy (non-hydrogen) atoms. The van der Waals surface area contributed by atoms with E-state index in [1.54, 1.807) is 6.20 Å². The van der Waals surface area contributed by atoms with Crippen LogP contribution in [-0.4, -0.2) is 34.7 Å². The highest BCUT2D eigenvalue weighted by Crippen LogP contribution is 2.22. The Labute approximate surface area is 108 Å². The first kappa shape index (κ1) is 13.3. The summed E-state index contributed by atoms with van der Waals surface area (Å²) in [4.78, 5) is 6.63. The molecule has 1 aliphatic rings. The van der Waals surface area contributed by atoms with Crippen LogP contribution in [0.1, 0.15) is 24.8 Å². The molecular weight excluding hydrogens is 228 g/mol. The van der Waals surface area contributed by atoms with Crippen LogP contribution in [-0.2, 0) is 6.54 Å². The van der Waals surface area contributed by atoms with Crippen LogP contribution in [0.3, 0.4) is 0 Å². The van der Waals surface area contributed by atoms with Crippen molar-refractivity contribution in [2.45, 2.75) is 25.8 Å². The molecule has 0 aliphatic carbocycles. The van der Waals surface area contributed by atoms with Crippen LogP contribution in [0.25, 0.3) is 0 Å². The van der Waals surface area contributed by atoms with Gasteiger partial charge in [0.25, 0.3) is 0 Å². The van der Waals surface area contributed by atoms with Gasteiger partial charge in [0.1, 0.15) is 5.82 Å². The second-order valence-electron chi connectivity index (χ2n) is 4.91. The Morgan fingerprint density at radius 3 is 3.22 bits per heavy atom. The van der Waals surface area contributed by atoms with Gasteiger partial charge in [-0.15, -0.1) is 0 Å². The highest BCUT2D eigenvalue weighted by atomic mass is 16.3. The van der Waals surface area contributed by atoms with E-state index in [-0.39, 0.29) is 0 Å². The lowest BCUT2D eigenvalue weighted by Gasteiger charge is -2.32. The summed E-state index contributed by atoms with van der Waals surface area (Å²) < 4.78 is 0. The molecule has 1 aliphatic heterocycles. The molecule has 5 nitrogen and oxygen atoms in total. The van der Waals surface area contributed by atoms with Crippen LogP contribution in [0.4, 0.5) is 5.82 Å². The largest absolute Gasteiger partial charge is 0.396 e. The molecule has 0 spiro atoms. The number of hydrogen-bond donors (Lipinski definition) is 3. The summed E-state index contributed by atoms with van der Waals surface area (Å²) >= 11 is 0. The number of piperidine rings is 1. The summed E-state index contributed by atoms with van der Waals surface area (Å²) in [6, 6.07) is 3.99. The van der Waals surface area contributed by atoms with Gasteiger partial charge in [0.2, 0.25) is 0 Å². The van der Waals surface area contributed by atoms with Crippen LogP contribution in [0.2, 0.25) is 0 Å². The van der Waals surface area contributed by atoms with Gasteiger partial charge < -0.3 is 10.5 Å². The molecule has 4 N–H and O–H groups in total. The fourth-order valence-electron chi connectivity index (χ4n) is 2.65. The van der Waals surface area contributed by atoms with Gasteiger partial charge in [-0.1, -0.05) is 6.07 Å². The molecule has 0 bridgehead atoms. The Morgan fingerprint density at radius 2 is 2.44 bits per heavy atom. The van der Waals surface area contributed by atoms with Crippen LogP contribution in [0.15, 0.2) is 18.3 Å². The third kappa shape index (κ3) is 3.41. The molecule has 0 aromatic carbocycles. The van der Waals surface area contributed by atoms with Crippen molar-refractivity contribution in [3.05, 3.63) is 23.9 Å². The van der Waals surface area contributed by atoms with Crippen molar-refractivity contribution >= 4 is 5.82 Å². The number of nitrogens with one attached hydrogen (secondary N) is 1. The minimum absolute atomic E-state index is 0.293. The first-order chi connectivity index (χ1) is 8.83. The number of likely N-dealkylation sites (tertiary alicyclic amines) is 1. The monoisotopic (exact) mass is 250 g/mol. The van der Waals surface area contributed by atoms with Crippen LogP contribution in [0.5, 0.6) is 0 Å². The minimum Gasteiger partial charge on any atom is -0.396 e. The number of hydrazine groups is 1. The van der Waals surface area contributed by atoms with Gasteiger partial charge >= 0.3 is 0 Å². The van der Waals surface area contributed by atoms with Crippen molar-refractivity contribution in [3.63, 3.8) is 0 Å². The summed E-state index contributed by atoms with van der Waals surface area (Å²) in [6.45, 7) is 3.33. The number of rotatable bonds is 5. The zero-order valence-corrected chi connectivity index (χ0v) is 10.7. The number of aliphatic hydroxyl groups is 1. The van der Waals surface area contributed by atoms with Gasteiger partial charge in [0.05, 0.1) is 0 Å². The van der Waals surface area contributed by atoms with E-state index in [0.29, 0.717) is 12.5 Å². The SMILES string of the molecule is NNc1ncccc1CN1CCCC(CCO)C1. The van der Waals surface area contributed by atoms with Gasteiger partial charge in [0.15, 0.2) is 0 Å². The van der Waals surface area contributed by atoms with E-state index in [1.165, 1.54) is 12.8 Å². The van der Waals surface area contributed by atoms with E-state index in [2.05, 4.69) is 21.4 Å². The number of nitrogens with zero attached hydrogens (tertiary/aromatic N) is 2. The van der Waals surface area contributed by atoms with E-state index < -0.39 is 0 Å². The summed E-state index contributed by atoms with van der Waals surface area (Å²) in [5, 5.41) is 9.02. The topological polar surface area (TPSA) is 74.4 Å². The van der Waals surface area contributed by atoms with E-state index in [9.17, 15) is 0 Å². The quantitative estimate of drug-likeness (QED) is 0.536. The Hall–Kier alpha value is -1.17. The molecule has 1 fully saturated rings. The fraction of sp³-hybridized carbons (Fsp3) is 0.615. The molecule has 1 aromatic heterocycles. The van der Waals surface area contributed by atoms with E-state index in [4.69, 9.17) is 10.9 Å². The lowest BCUT2D eigenvalue weighted by molar-refractivity contribution is 0.142. The predicted octanol–water partition coefficient (Wildman–Crippen LogP) is 0.962. The smallest absolute Gasteiger partial charge is 0.144 e. The number of pyridine rings is 1. The minimum atomic E-state index is 0.293. The van der Waals surface area contributed by atoms with Crippen LogP contribution >= 0.6 is 0 Å². The number of aliphatic hydroxyl groups excluding tert-OH is 1. The maximum atomic E-state index is 9.02. The highest BCUT2D eigenvalue weighted by Gasteiger charge is 2.20. The normalized spacial score (nSPS) is 20.9. The standard InChI is InChI=1S/C13H22N4O/c14-16-13-12(4-1-6-15-13)10-17-7-2-3-11(9-17)5-8-18/h1,4,6,11,18H,2-3,5,7-10,14H2,(H,15,16). The second kappa shape index (κ2) is 6.68. The van der Waals surface area contributed by atoms with Crippen molar-refractivity contribution in [2.75, 3.05) is 25.1 Å². The molecule has 1 unspecified atom stereocenters. The lowest BCUT2D eigenvalue weighted by atomic mass is 9.95. The molecule has 1 aromatic rings.